The molecule has 0 saturated heterocycles. The molecule has 26 heavy (non-hydrogen) atoms. The molecule has 0 bridgehead atoms. The zero-order chi connectivity index (χ0) is 18.1. The lowest BCUT2D eigenvalue weighted by atomic mass is 10.1. The minimum absolute atomic E-state index is 0.0473. The third-order valence-electron chi connectivity index (χ3n) is 4.76. The quantitative estimate of drug-likeness (QED) is 0.600. The van der Waals surface area contributed by atoms with E-state index in [4.69, 9.17) is 4.74 Å². The largest absolute Gasteiger partial charge is 0.497 e. The molecule has 2 heterocycles. The highest BCUT2D eigenvalue weighted by atomic mass is 16.5. The predicted octanol–water partition coefficient (Wildman–Crippen LogP) is 3.57. The molecular formula is C21H21N3O2. The first-order valence-corrected chi connectivity index (χ1v) is 8.62. The Morgan fingerprint density at radius 2 is 1.77 bits per heavy atom. The third kappa shape index (κ3) is 2.92. The SMILES string of the molecule is COc1ccc2c(ccn2CCNC(=O)c2ccc3c(ccn3C)c2)c1. The molecule has 2 aromatic heterocycles. The van der Waals surface area contributed by atoms with Gasteiger partial charge in [0.05, 0.1) is 7.11 Å². The lowest BCUT2D eigenvalue weighted by Crippen LogP contribution is -2.27. The molecule has 0 fully saturated rings. The number of methoxy groups -OCH3 is 1. The van der Waals surface area contributed by atoms with Crippen molar-refractivity contribution in [2.24, 2.45) is 7.05 Å². The monoisotopic (exact) mass is 347 g/mol. The Balaban J connectivity index is 1.43. The summed E-state index contributed by atoms with van der Waals surface area (Å²) < 4.78 is 9.44. The van der Waals surface area contributed by atoms with E-state index in [9.17, 15) is 4.79 Å². The van der Waals surface area contributed by atoms with Crippen LogP contribution in [0.25, 0.3) is 21.8 Å². The van der Waals surface area contributed by atoms with Crippen LogP contribution < -0.4 is 10.1 Å². The van der Waals surface area contributed by atoms with Gasteiger partial charge in [0.1, 0.15) is 5.75 Å². The third-order valence-corrected chi connectivity index (χ3v) is 4.76. The molecule has 132 valence electrons. The van der Waals surface area contributed by atoms with E-state index in [2.05, 4.69) is 16.0 Å². The Hall–Kier alpha value is -3.21. The number of aromatic nitrogens is 2. The van der Waals surface area contributed by atoms with E-state index in [1.807, 2.05) is 66.5 Å². The number of fused-ring (bicyclic) bond motifs is 2. The molecule has 0 aliphatic rings. The van der Waals surface area contributed by atoms with Gasteiger partial charge in [-0.15, -0.1) is 0 Å². The van der Waals surface area contributed by atoms with Gasteiger partial charge in [0.25, 0.3) is 5.91 Å². The lowest BCUT2D eigenvalue weighted by Gasteiger charge is -2.08. The summed E-state index contributed by atoms with van der Waals surface area (Å²) in [5.74, 6) is 0.800. The van der Waals surface area contributed by atoms with Crippen molar-refractivity contribution in [2.75, 3.05) is 13.7 Å². The van der Waals surface area contributed by atoms with Crippen molar-refractivity contribution in [3.63, 3.8) is 0 Å². The smallest absolute Gasteiger partial charge is 0.251 e. The van der Waals surface area contributed by atoms with Crippen LogP contribution in [0, 0.1) is 0 Å². The molecular weight excluding hydrogens is 326 g/mol. The summed E-state index contributed by atoms with van der Waals surface area (Å²) in [6, 6.07) is 15.9. The number of carbonyl (C=O) groups is 1. The summed E-state index contributed by atoms with van der Waals surface area (Å²) in [7, 11) is 3.67. The van der Waals surface area contributed by atoms with Gasteiger partial charge in [-0.1, -0.05) is 0 Å². The van der Waals surface area contributed by atoms with Crippen LogP contribution in [0.15, 0.2) is 60.9 Å². The average molecular weight is 347 g/mol. The van der Waals surface area contributed by atoms with Gasteiger partial charge in [0.2, 0.25) is 0 Å². The minimum Gasteiger partial charge on any atom is -0.497 e. The van der Waals surface area contributed by atoms with Gasteiger partial charge in [0, 0.05) is 59.9 Å². The molecule has 5 heteroatoms. The molecule has 0 radical (unpaired) electrons. The van der Waals surface area contributed by atoms with Crippen molar-refractivity contribution >= 4 is 27.7 Å². The van der Waals surface area contributed by atoms with E-state index < -0.39 is 0 Å². The van der Waals surface area contributed by atoms with Crippen molar-refractivity contribution < 1.29 is 9.53 Å². The molecule has 0 aliphatic heterocycles. The summed E-state index contributed by atoms with van der Waals surface area (Å²) in [6.45, 7) is 1.29. The van der Waals surface area contributed by atoms with Crippen molar-refractivity contribution in [3.05, 3.63) is 66.5 Å². The molecule has 0 aliphatic carbocycles. The van der Waals surface area contributed by atoms with Crippen LogP contribution in [-0.4, -0.2) is 28.7 Å². The summed E-state index contributed by atoms with van der Waals surface area (Å²) in [5, 5.41) is 5.21. The van der Waals surface area contributed by atoms with Gasteiger partial charge >= 0.3 is 0 Å². The lowest BCUT2D eigenvalue weighted by molar-refractivity contribution is 0.0952. The summed E-state index contributed by atoms with van der Waals surface area (Å²) in [5.41, 5.74) is 2.94. The molecule has 5 nitrogen and oxygen atoms in total. The molecule has 0 atom stereocenters. The second kappa shape index (κ2) is 6.59. The molecule has 0 unspecified atom stereocenters. The zero-order valence-corrected chi connectivity index (χ0v) is 14.9. The van der Waals surface area contributed by atoms with E-state index >= 15 is 0 Å². The van der Waals surface area contributed by atoms with Crippen LogP contribution >= 0.6 is 0 Å². The fraction of sp³-hybridized carbons (Fsp3) is 0.190. The Kier molecular flexibility index (Phi) is 4.13. The van der Waals surface area contributed by atoms with Crippen LogP contribution in [0.1, 0.15) is 10.4 Å². The van der Waals surface area contributed by atoms with Gasteiger partial charge < -0.3 is 19.2 Å². The van der Waals surface area contributed by atoms with E-state index in [0.717, 1.165) is 34.1 Å². The Morgan fingerprint density at radius 1 is 1.00 bits per heavy atom. The van der Waals surface area contributed by atoms with Crippen molar-refractivity contribution in [3.8, 4) is 5.75 Å². The minimum atomic E-state index is -0.0473. The van der Waals surface area contributed by atoms with Crippen LogP contribution in [0.4, 0.5) is 0 Å². The first-order chi connectivity index (χ1) is 12.7. The summed E-state index contributed by atoms with van der Waals surface area (Å²) in [4.78, 5) is 12.4. The van der Waals surface area contributed by atoms with E-state index in [-0.39, 0.29) is 5.91 Å². The number of nitrogens with zero attached hydrogens (tertiary/aromatic N) is 2. The van der Waals surface area contributed by atoms with Crippen LogP contribution in [-0.2, 0) is 13.6 Å². The topological polar surface area (TPSA) is 48.2 Å². The Morgan fingerprint density at radius 3 is 2.62 bits per heavy atom. The highest BCUT2D eigenvalue weighted by Gasteiger charge is 2.08. The Labute approximate surface area is 151 Å². The predicted molar refractivity (Wildman–Crippen MR) is 104 cm³/mol. The number of ether oxygens (including phenoxy) is 1. The first-order valence-electron chi connectivity index (χ1n) is 8.62. The van der Waals surface area contributed by atoms with Gasteiger partial charge in [-0.3, -0.25) is 4.79 Å². The number of benzene rings is 2. The maximum Gasteiger partial charge on any atom is 0.251 e. The fourth-order valence-electron chi connectivity index (χ4n) is 3.31. The number of carbonyl (C=O) groups excluding carboxylic acids is 1. The van der Waals surface area contributed by atoms with Crippen LogP contribution in [0.3, 0.4) is 0 Å². The average Bonchev–Trinajstić information content (AvgIpc) is 3.24. The Bertz CT molecular complexity index is 1090. The maximum atomic E-state index is 12.4. The number of aryl methyl sites for hydroxylation is 1. The van der Waals surface area contributed by atoms with Gasteiger partial charge in [-0.05, 0) is 48.5 Å². The van der Waals surface area contributed by atoms with Gasteiger partial charge in [0.15, 0.2) is 0 Å². The van der Waals surface area contributed by atoms with Crippen molar-refractivity contribution in [1.29, 1.82) is 0 Å². The van der Waals surface area contributed by atoms with E-state index in [1.165, 1.54) is 0 Å². The molecule has 4 aromatic rings. The normalized spacial score (nSPS) is 11.2. The van der Waals surface area contributed by atoms with Crippen LogP contribution in [0.2, 0.25) is 0 Å². The van der Waals surface area contributed by atoms with Crippen molar-refractivity contribution in [2.45, 2.75) is 6.54 Å². The zero-order valence-electron chi connectivity index (χ0n) is 14.9. The summed E-state index contributed by atoms with van der Waals surface area (Å²) in [6.07, 6.45) is 4.03. The number of amides is 1. The molecule has 1 amide bonds. The molecule has 2 aromatic carbocycles. The maximum absolute atomic E-state index is 12.4. The molecule has 4 rings (SSSR count). The number of rotatable bonds is 5. The number of nitrogens with one attached hydrogen (secondary N) is 1. The summed E-state index contributed by atoms with van der Waals surface area (Å²) >= 11 is 0. The molecule has 0 spiro atoms. The van der Waals surface area contributed by atoms with Gasteiger partial charge in [-0.25, -0.2) is 0 Å². The highest BCUT2D eigenvalue weighted by Crippen LogP contribution is 2.21. The second-order valence-electron chi connectivity index (χ2n) is 6.39. The number of hydrogen-bond donors (Lipinski definition) is 1. The van der Waals surface area contributed by atoms with E-state index in [0.29, 0.717) is 12.1 Å². The van der Waals surface area contributed by atoms with Gasteiger partial charge in [-0.2, -0.15) is 0 Å². The first kappa shape index (κ1) is 16.3. The molecule has 1 N–H and O–H groups in total. The van der Waals surface area contributed by atoms with E-state index in [1.54, 1.807) is 7.11 Å². The fourth-order valence-corrected chi connectivity index (χ4v) is 3.31. The van der Waals surface area contributed by atoms with Crippen molar-refractivity contribution in [1.82, 2.24) is 14.5 Å². The second-order valence-corrected chi connectivity index (χ2v) is 6.39. The standard InChI is InChI=1S/C21H21N3O2/c1-23-10-7-15-13-17(3-5-19(15)23)21(25)22-9-12-24-11-8-16-14-18(26-2)4-6-20(16)24/h3-8,10-11,13-14H,9,12H2,1-2H3,(H,22,25). The molecule has 0 saturated carbocycles. The van der Waals surface area contributed by atoms with Crippen LogP contribution in [0.5, 0.6) is 5.75 Å². The highest BCUT2D eigenvalue weighted by molar-refractivity contribution is 5.98. The number of hydrogen-bond acceptors (Lipinski definition) is 2.